The van der Waals surface area contributed by atoms with Gasteiger partial charge in [-0.25, -0.2) is 4.98 Å². The van der Waals surface area contributed by atoms with Gasteiger partial charge in [0.15, 0.2) is 11.6 Å². The standard InChI is InChI=1S/C53H32N4O.C3H8/c1-2-11-33(12-3-1)35-21-24-36(25-22-35)51-54-52(41-26-23-34-13-4-5-14-37(34)29-41)56-53(55-51)57-47-31-39-16-7-6-15-38(39)30-46(47)45-19-10-18-42(50(45)57)40-27-28-44-43-17-8-9-20-48(43)58-49(44)32-40;1-3-2/h1-32H;3H2,1-2H3. The summed E-state index contributed by atoms with van der Waals surface area (Å²) in [7, 11) is 0. The summed E-state index contributed by atoms with van der Waals surface area (Å²) >= 11 is 0. The van der Waals surface area contributed by atoms with Crippen molar-refractivity contribution in [3.8, 4) is 51.0 Å². The van der Waals surface area contributed by atoms with Gasteiger partial charge in [0.05, 0.1) is 11.0 Å². The van der Waals surface area contributed by atoms with E-state index in [-0.39, 0.29) is 0 Å². The van der Waals surface area contributed by atoms with Gasteiger partial charge in [-0.1, -0.05) is 178 Å². The number of fused-ring (bicyclic) bond motifs is 8. The summed E-state index contributed by atoms with van der Waals surface area (Å²) < 4.78 is 8.65. The molecule has 0 atom stereocenters. The Morgan fingerprint density at radius 2 is 0.967 bits per heavy atom. The summed E-state index contributed by atoms with van der Waals surface area (Å²) in [5.41, 5.74) is 10.00. The summed E-state index contributed by atoms with van der Waals surface area (Å²) in [6, 6.07) is 68.1. The second-order valence-electron chi connectivity index (χ2n) is 15.6. The summed E-state index contributed by atoms with van der Waals surface area (Å²) in [6.45, 7) is 4.25. The minimum atomic E-state index is 0.549. The molecule has 3 heterocycles. The Kier molecular flexibility index (Phi) is 8.93. The summed E-state index contributed by atoms with van der Waals surface area (Å²) in [6.07, 6.45) is 1.25. The molecule has 0 aliphatic carbocycles. The SMILES string of the molecule is CCC.c1ccc(-c2ccc(-c3nc(-c4ccc5ccccc5c4)nc(-n4c5cc6ccccc6cc5c5cccc(-c6ccc7c(c6)oc6ccccc67)c54)n3)cc2)cc1. The maximum atomic E-state index is 6.41. The predicted octanol–water partition coefficient (Wildman–Crippen LogP) is 15.3. The number of rotatable bonds is 5. The van der Waals surface area contributed by atoms with Crippen molar-refractivity contribution in [1.82, 2.24) is 19.5 Å². The smallest absolute Gasteiger partial charge is 0.238 e. The molecule has 0 saturated heterocycles. The molecule has 290 valence electrons. The van der Waals surface area contributed by atoms with E-state index >= 15 is 0 Å². The topological polar surface area (TPSA) is 56.7 Å². The number of para-hydroxylation sites is 2. The van der Waals surface area contributed by atoms with E-state index in [1.165, 1.54) is 11.8 Å². The second kappa shape index (κ2) is 15.0. The minimum Gasteiger partial charge on any atom is -0.456 e. The third kappa shape index (κ3) is 6.39. The highest BCUT2D eigenvalue weighted by Gasteiger charge is 2.22. The lowest BCUT2D eigenvalue weighted by Crippen LogP contribution is -2.07. The fourth-order valence-electron chi connectivity index (χ4n) is 8.58. The summed E-state index contributed by atoms with van der Waals surface area (Å²) in [5, 5.41) is 9.06. The van der Waals surface area contributed by atoms with Crippen LogP contribution >= 0.6 is 0 Å². The maximum Gasteiger partial charge on any atom is 0.238 e. The fourth-order valence-corrected chi connectivity index (χ4v) is 8.58. The Morgan fingerprint density at radius 1 is 0.393 bits per heavy atom. The highest BCUT2D eigenvalue weighted by molar-refractivity contribution is 6.17. The first kappa shape index (κ1) is 36.2. The summed E-state index contributed by atoms with van der Waals surface area (Å²) in [5.74, 6) is 1.76. The van der Waals surface area contributed by atoms with E-state index in [1.54, 1.807) is 0 Å². The normalized spacial score (nSPS) is 11.5. The molecule has 0 bridgehead atoms. The number of hydrogen-bond donors (Lipinski definition) is 0. The summed E-state index contributed by atoms with van der Waals surface area (Å²) in [4.78, 5) is 15.9. The molecule has 0 fully saturated rings. The number of benzene rings is 9. The zero-order valence-electron chi connectivity index (χ0n) is 33.9. The van der Waals surface area contributed by atoms with Gasteiger partial charge < -0.3 is 4.42 Å². The molecule has 12 rings (SSSR count). The molecule has 12 aromatic rings. The Hall–Kier alpha value is -7.89. The van der Waals surface area contributed by atoms with Gasteiger partial charge in [0, 0.05) is 38.2 Å². The van der Waals surface area contributed by atoms with Gasteiger partial charge in [0.2, 0.25) is 5.95 Å². The quantitative estimate of drug-likeness (QED) is 0.174. The van der Waals surface area contributed by atoms with E-state index in [4.69, 9.17) is 19.4 Å². The third-order valence-electron chi connectivity index (χ3n) is 11.4. The van der Waals surface area contributed by atoms with Crippen molar-refractivity contribution in [2.24, 2.45) is 0 Å². The maximum absolute atomic E-state index is 6.41. The van der Waals surface area contributed by atoms with Gasteiger partial charge in [-0.2, -0.15) is 9.97 Å². The van der Waals surface area contributed by atoms with Crippen LogP contribution in [0.4, 0.5) is 0 Å². The zero-order chi connectivity index (χ0) is 40.9. The molecule has 0 unspecified atom stereocenters. The van der Waals surface area contributed by atoms with E-state index in [0.717, 1.165) is 93.3 Å². The van der Waals surface area contributed by atoms with Crippen LogP contribution in [-0.4, -0.2) is 19.5 Å². The van der Waals surface area contributed by atoms with Crippen LogP contribution in [0, 0.1) is 0 Å². The molecule has 61 heavy (non-hydrogen) atoms. The van der Waals surface area contributed by atoms with Crippen molar-refractivity contribution < 1.29 is 4.42 Å². The number of aromatic nitrogens is 4. The van der Waals surface area contributed by atoms with Crippen LogP contribution in [0.5, 0.6) is 0 Å². The molecular weight excluding hydrogens is 745 g/mol. The van der Waals surface area contributed by atoms with Crippen LogP contribution < -0.4 is 0 Å². The number of nitrogens with zero attached hydrogens (tertiary/aromatic N) is 4. The van der Waals surface area contributed by atoms with Crippen LogP contribution in [0.1, 0.15) is 20.3 Å². The number of furan rings is 1. The van der Waals surface area contributed by atoms with Gasteiger partial charge in [-0.05, 0) is 74.6 Å². The monoisotopic (exact) mass is 784 g/mol. The van der Waals surface area contributed by atoms with Gasteiger partial charge in [0.25, 0.3) is 0 Å². The molecule has 0 aliphatic heterocycles. The first-order chi connectivity index (χ1) is 30.1. The molecule has 0 spiro atoms. The largest absolute Gasteiger partial charge is 0.456 e. The predicted molar refractivity (Wildman–Crippen MR) is 254 cm³/mol. The first-order valence-electron chi connectivity index (χ1n) is 20.9. The molecule has 5 nitrogen and oxygen atoms in total. The lowest BCUT2D eigenvalue weighted by molar-refractivity contribution is 0.669. The molecule has 0 aliphatic rings. The first-order valence-corrected chi connectivity index (χ1v) is 20.9. The van der Waals surface area contributed by atoms with Crippen molar-refractivity contribution in [1.29, 1.82) is 0 Å². The molecule has 3 aromatic heterocycles. The highest BCUT2D eigenvalue weighted by Crippen LogP contribution is 2.41. The Balaban J connectivity index is 0.00000136. The van der Waals surface area contributed by atoms with E-state index in [0.29, 0.717) is 17.6 Å². The second-order valence-corrected chi connectivity index (χ2v) is 15.6. The molecular formula is C56H40N4O. The lowest BCUT2D eigenvalue weighted by atomic mass is 10.00. The van der Waals surface area contributed by atoms with Crippen molar-refractivity contribution in [2.75, 3.05) is 0 Å². The average molecular weight is 785 g/mol. The fraction of sp³-hybridized carbons (Fsp3) is 0.0536. The Bertz CT molecular complexity index is 3580. The van der Waals surface area contributed by atoms with E-state index in [9.17, 15) is 0 Å². The van der Waals surface area contributed by atoms with Crippen molar-refractivity contribution in [3.05, 3.63) is 194 Å². The van der Waals surface area contributed by atoms with Crippen LogP contribution in [0.25, 0.3) is 116 Å². The zero-order valence-corrected chi connectivity index (χ0v) is 33.9. The Morgan fingerprint density at radius 3 is 1.75 bits per heavy atom. The number of hydrogen-bond acceptors (Lipinski definition) is 4. The van der Waals surface area contributed by atoms with E-state index in [2.05, 4.69) is 194 Å². The molecule has 5 heteroatoms. The van der Waals surface area contributed by atoms with Crippen molar-refractivity contribution in [2.45, 2.75) is 20.3 Å². The van der Waals surface area contributed by atoms with Crippen molar-refractivity contribution in [3.63, 3.8) is 0 Å². The third-order valence-corrected chi connectivity index (χ3v) is 11.4. The van der Waals surface area contributed by atoms with Crippen LogP contribution in [0.15, 0.2) is 199 Å². The van der Waals surface area contributed by atoms with Crippen LogP contribution in [-0.2, 0) is 0 Å². The van der Waals surface area contributed by atoms with Gasteiger partial charge >= 0.3 is 0 Å². The molecule has 0 N–H and O–H groups in total. The Labute approximate surface area is 353 Å². The average Bonchev–Trinajstić information content (AvgIpc) is 3.86. The van der Waals surface area contributed by atoms with Crippen LogP contribution in [0.3, 0.4) is 0 Å². The van der Waals surface area contributed by atoms with Gasteiger partial charge in [-0.15, -0.1) is 0 Å². The van der Waals surface area contributed by atoms with E-state index < -0.39 is 0 Å². The lowest BCUT2D eigenvalue weighted by Gasteiger charge is -2.13. The van der Waals surface area contributed by atoms with Gasteiger partial charge in [0.1, 0.15) is 11.2 Å². The molecule has 0 amide bonds. The highest BCUT2D eigenvalue weighted by atomic mass is 16.3. The van der Waals surface area contributed by atoms with E-state index in [1.807, 2.05) is 18.2 Å². The van der Waals surface area contributed by atoms with Crippen LogP contribution in [0.2, 0.25) is 0 Å². The molecule has 9 aromatic carbocycles. The molecule has 0 radical (unpaired) electrons. The van der Waals surface area contributed by atoms with Crippen molar-refractivity contribution >= 4 is 65.3 Å². The molecule has 0 saturated carbocycles. The minimum absolute atomic E-state index is 0.549. The van der Waals surface area contributed by atoms with Gasteiger partial charge in [-0.3, -0.25) is 4.57 Å².